The number of carbonyl (C=O) groups is 2. The van der Waals surface area contributed by atoms with E-state index in [0.717, 1.165) is 55.1 Å². The van der Waals surface area contributed by atoms with Gasteiger partial charge in [-0.25, -0.2) is 0 Å². The number of para-hydroxylation sites is 1. The maximum atomic E-state index is 13.3. The lowest BCUT2D eigenvalue weighted by Gasteiger charge is -2.37. The molecule has 0 atom stereocenters. The van der Waals surface area contributed by atoms with Gasteiger partial charge >= 0.3 is 0 Å². The summed E-state index contributed by atoms with van der Waals surface area (Å²) in [5, 5.41) is 3.39. The third-order valence-electron chi connectivity index (χ3n) is 8.02. The monoisotopic (exact) mass is 465 g/mol. The van der Waals surface area contributed by atoms with Gasteiger partial charge in [-0.2, -0.15) is 0 Å². The Morgan fingerprint density at radius 2 is 1.37 bits per heavy atom. The number of benzene rings is 3. The Labute approximate surface area is 205 Å². The molecule has 2 aliphatic rings. The minimum absolute atomic E-state index is 0.0243. The van der Waals surface area contributed by atoms with E-state index in [1.807, 2.05) is 47.4 Å². The highest BCUT2D eigenvalue weighted by molar-refractivity contribution is 6.07. The van der Waals surface area contributed by atoms with Crippen molar-refractivity contribution in [1.29, 1.82) is 0 Å². The molecule has 4 aromatic rings. The first kappa shape index (κ1) is 21.9. The molecule has 0 aliphatic carbocycles. The van der Waals surface area contributed by atoms with Crippen LogP contribution in [0.5, 0.6) is 0 Å². The summed E-state index contributed by atoms with van der Waals surface area (Å²) in [5.74, 6) is 0.874. The number of rotatable bonds is 3. The van der Waals surface area contributed by atoms with Crippen molar-refractivity contribution in [2.24, 2.45) is 5.92 Å². The number of carbonyl (C=O) groups excluding carboxylic acids is 2. The number of amides is 2. The molecule has 0 bridgehead atoms. The standard InChI is InChI=1S/C30H31N3O2/c34-29(32-16-12-22(13-17-32)27-20-31-28-11-4-3-9-25(27)28)23-14-18-33(19-15-23)30(35)26-10-5-7-21-6-1-2-8-24(21)26/h1-11,20,22-23,31H,12-19H2. The number of likely N-dealkylation sites (tertiary alicyclic amines) is 2. The van der Waals surface area contributed by atoms with Crippen LogP contribution in [0, 0.1) is 5.92 Å². The molecule has 6 rings (SSSR count). The molecular weight excluding hydrogens is 434 g/mol. The van der Waals surface area contributed by atoms with Crippen LogP contribution in [0.4, 0.5) is 0 Å². The van der Waals surface area contributed by atoms with Crippen LogP contribution in [-0.2, 0) is 4.79 Å². The second-order valence-corrected chi connectivity index (χ2v) is 9.98. The maximum absolute atomic E-state index is 13.3. The molecule has 5 heteroatoms. The Hall–Kier alpha value is -3.60. The minimum Gasteiger partial charge on any atom is -0.361 e. The molecule has 1 aromatic heterocycles. The fourth-order valence-corrected chi connectivity index (χ4v) is 6.01. The van der Waals surface area contributed by atoms with Crippen LogP contribution in [-0.4, -0.2) is 52.8 Å². The lowest BCUT2D eigenvalue weighted by atomic mass is 9.87. The molecule has 178 valence electrons. The zero-order valence-corrected chi connectivity index (χ0v) is 20.0. The largest absolute Gasteiger partial charge is 0.361 e. The van der Waals surface area contributed by atoms with Crippen molar-refractivity contribution in [1.82, 2.24) is 14.8 Å². The Morgan fingerprint density at radius 1 is 0.714 bits per heavy atom. The van der Waals surface area contributed by atoms with Gasteiger partial charge < -0.3 is 14.8 Å². The highest BCUT2D eigenvalue weighted by Gasteiger charge is 2.33. The number of hydrogen-bond acceptors (Lipinski definition) is 2. The van der Waals surface area contributed by atoms with Crippen molar-refractivity contribution < 1.29 is 9.59 Å². The molecule has 35 heavy (non-hydrogen) atoms. The smallest absolute Gasteiger partial charge is 0.254 e. The number of aromatic amines is 1. The highest BCUT2D eigenvalue weighted by Crippen LogP contribution is 2.34. The van der Waals surface area contributed by atoms with Crippen LogP contribution in [0.2, 0.25) is 0 Å². The summed E-state index contributed by atoms with van der Waals surface area (Å²) in [5.41, 5.74) is 3.32. The molecule has 5 nitrogen and oxygen atoms in total. The summed E-state index contributed by atoms with van der Waals surface area (Å²) in [6.45, 7) is 2.92. The Bertz CT molecular complexity index is 1370. The van der Waals surface area contributed by atoms with Crippen molar-refractivity contribution in [2.75, 3.05) is 26.2 Å². The quantitative estimate of drug-likeness (QED) is 0.429. The molecular formula is C30H31N3O2. The second-order valence-electron chi connectivity index (χ2n) is 9.98. The molecule has 2 fully saturated rings. The summed E-state index contributed by atoms with van der Waals surface area (Å²) < 4.78 is 0. The van der Waals surface area contributed by atoms with Crippen molar-refractivity contribution >= 4 is 33.5 Å². The predicted molar refractivity (Wildman–Crippen MR) is 139 cm³/mol. The summed E-state index contributed by atoms with van der Waals surface area (Å²) in [6.07, 6.45) is 5.66. The van der Waals surface area contributed by atoms with Gasteiger partial charge in [-0.1, -0.05) is 54.6 Å². The van der Waals surface area contributed by atoms with Crippen molar-refractivity contribution in [3.63, 3.8) is 0 Å². The average molecular weight is 466 g/mol. The van der Waals surface area contributed by atoms with E-state index in [1.165, 1.54) is 16.5 Å². The summed E-state index contributed by atoms with van der Waals surface area (Å²) in [6, 6.07) is 22.4. The van der Waals surface area contributed by atoms with E-state index in [2.05, 4.69) is 40.3 Å². The summed E-state index contributed by atoms with van der Waals surface area (Å²) >= 11 is 0. The molecule has 0 unspecified atom stereocenters. The van der Waals surface area contributed by atoms with Crippen LogP contribution >= 0.6 is 0 Å². The highest BCUT2D eigenvalue weighted by atomic mass is 16.2. The van der Waals surface area contributed by atoms with E-state index in [9.17, 15) is 9.59 Å². The first-order valence-corrected chi connectivity index (χ1v) is 12.8. The lowest BCUT2D eigenvalue weighted by Crippen LogP contribution is -2.46. The third-order valence-corrected chi connectivity index (χ3v) is 8.02. The number of hydrogen-bond donors (Lipinski definition) is 1. The van der Waals surface area contributed by atoms with E-state index in [1.54, 1.807) is 0 Å². The van der Waals surface area contributed by atoms with E-state index < -0.39 is 0 Å². The Balaban J connectivity index is 1.06. The van der Waals surface area contributed by atoms with E-state index >= 15 is 0 Å². The lowest BCUT2D eigenvalue weighted by molar-refractivity contribution is -0.138. The molecule has 3 aromatic carbocycles. The fourth-order valence-electron chi connectivity index (χ4n) is 6.01. The second kappa shape index (κ2) is 9.21. The van der Waals surface area contributed by atoms with E-state index in [0.29, 0.717) is 19.0 Å². The first-order valence-electron chi connectivity index (χ1n) is 12.8. The number of fused-ring (bicyclic) bond motifs is 2. The average Bonchev–Trinajstić information content (AvgIpc) is 3.36. The molecule has 2 saturated heterocycles. The zero-order chi connectivity index (χ0) is 23.8. The Morgan fingerprint density at radius 3 is 2.17 bits per heavy atom. The van der Waals surface area contributed by atoms with Gasteiger partial charge in [0.15, 0.2) is 0 Å². The molecule has 0 spiro atoms. The van der Waals surface area contributed by atoms with Crippen LogP contribution < -0.4 is 0 Å². The Kier molecular flexibility index (Phi) is 5.77. The van der Waals surface area contributed by atoms with Gasteiger partial charge in [-0.3, -0.25) is 9.59 Å². The molecule has 2 amide bonds. The van der Waals surface area contributed by atoms with Crippen LogP contribution in [0.15, 0.2) is 72.9 Å². The summed E-state index contributed by atoms with van der Waals surface area (Å²) in [7, 11) is 0. The maximum Gasteiger partial charge on any atom is 0.254 e. The van der Waals surface area contributed by atoms with Gasteiger partial charge in [-0.05, 0) is 60.1 Å². The zero-order valence-electron chi connectivity index (χ0n) is 20.0. The normalized spacial score (nSPS) is 17.8. The number of H-pyrrole nitrogens is 1. The molecule has 3 heterocycles. The number of nitrogens with one attached hydrogen (secondary N) is 1. The van der Waals surface area contributed by atoms with Gasteiger partial charge in [0, 0.05) is 54.8 Å². The summed E-state index contributed by atoms with van der Waals surface area (Å²) in [4.78, 5) is 33.9. The van der Waals surface area contributed by atoms with E-state index in [4.69, 9.17) is 0 Å². The van der Waals surface area contributed by atoms with Gasteiger partial charge in [-0.15, -0.1) is 0 Å². The SMILES string of the molecule is O=C(c1cccc2ccccc12)N1CCC(C(=O)N2CCC(c3c[nH]c4ccccc34)CC2)CC1. The van der Waals surface area contributed by atoms with Gasteiger partial charge in [0.05, 0.1) is 0 Å². The van der Waals surface area contributed by atoms with Crippen molar-refractivity contribution in [2.45, 2.75) is 31.6 Å². The molecule has 0 saturated carbocycles. The molecule has 2 aliphatic heterocycles. The van der Waals surface area contributed by atoms with Gasteiger partial charge in [0.25, 0.3) is 5.91 Å². The van der Waals surface area contributed by atoms with Crippen LogP contribution in [0.1, 0.15) is 47.5 Å². The van der Waals surface area contributed by atoms with Crippen molar-refractivity contribution in [3.8, 4) is 0 Å². The van der Waals surface area contributed by atoms with Crippen LogP contribution in [0.3, 0.4) is 0 Å². The van der Waals surface area contributed by atoms with Gasteiger partial charge in [0.1, 0.15) is 0 Å². The third kappa shape index (κ3) is 4.09. The van der Waals surface area contributed by atoms with Crippen molar-refractivity contribution in [3.05, 3.63) is 84.1 Å². The molecule has 0 radical (unpaired) electrons. The first-order chi connectivity index (χ1) is 17.2. The van der Waals surface area contributed by atoms with Gasteiger partial charge in [0.2, 0.25) is 5.91 Å². The number of piperidine rings is 2. The topological polar surface area (TPSA) is 56.4 Å². The fraction of sp³-hybridized carbons (Fsp3) is 0.333. The predicted octanol–water partition coefficient (Wildman–Crippen LogP) is 5.58. The minimum atomic E-state index is 0.0243. The van der Waals surface area contributed by atoms with Crippen LogP contribution in [0.25, 0.3) is 21.7 Å². The molecule has 1 N–H and O–H groups in total. The number of aromatic nitrogens is 1. The van der Waals surface area contributed by atoms with E-state index in [-0.39, 0.29) is 17.7 Å². The number of nitrogens with zero attached hydrogens (tertiary/aromatic N) is 2.